The lowest BCUT2D eigenvalue weighted by Gasteiger charge is -2.32. The second-order valence-electron chi connectivity index (χ2n) is 4.65. The fraction of sp³-hybridized carbons (Fsp3) is 0.538. The largest absolute Gasteiger partial charge is 0.493 e. The Morgan fingerprint density at radius 2 is 1.69 bits per heavy atom. The van der Waals surface area contributed by atoms with Crippen LogP contribution in [0.3, 0.4) is 0 Å². The topological polar surface area (TPSA) is 21.7 Å². The molecule has 0 N–H and O–H groups in total. The van der Waals surface area contributed by atoms with Gasteiger partial charge in [-0.15, -0.1) is 0 Å². The molecule has 3 heteroatoms. The van der Waals surface area contributed by atoms with Crippen molar-refractivity contribution in [2.75, 3.05) is 27.8 Å². The van der Waals surface area contributed by atoms with Crippen LogP contribution in [0.4, 0.5) is 0 Å². The van der Waals surface area contributed by atoms with Crippen LogP contribution in [0.25, 0.3) is 0 Å². The maximum Gasteiger partial charge on any atom is 0.161 e. The van der Waals surface area contributed by atoms with Gasteiger partial charge in [0.2, 0.25) is 0 Å². The highest BCUT2D eigenvalue weighted by Gasteiger charge is 2.21. The number of nitrogens with zero attached hydrogens (tertiary/aromatic N) is 1. The SMILES string of the molecule is COc1ccccc1OCC(C)(C)N(C)C. The zero-order valence-electron chi connectivity index (χ0n) is 10.8. The molecule has 0 spiro atoms. The summed E-state index contributed by atoms with van der Waals surface area (Å²) >= 11 is 0. The van der Waals surface area contributed by atoms with Crippen molar-refractivity contribution < 1.29 is 9.47 Å². The molecule has 0 aromatic heterocycles. The van der Waals surface area contributed by atoms with E-state index < -0.39 is 0 Å². The molecule has 0 saturated heterocycles. The number of hydrogen-bond acceptors (Lipinski definition) is 3. The normalized spacial score (nSPS) is 11.6. The van der Waals surface area contributed by atoms with Crippen LogP contribution >= 0.6 is 0 Å². The molecule has 0 aliphatic carbocycles. The van der Waals surface area contributed by atoms with Crippen LogP contribution in [0.1, 0.15) is 13.8 Å². The minimum atomic E-state index is 0.000846. The Kier molecular flexibility index (Phi) is 4.19. The van der Waals surface area contributed by atoms with Crippen molar-refractivity contribution in [1.29, 1.82) is 0 Å². The summed E-state index contributed by atoms with van der Waals surface area (Å²) in [6, 6.07) is 7.70. The van der Waals surface area contributed by atoms with Crippen molar-refractivity contribution in [3.63, 3.8) is 0 Å². The minimum Gasteiger partial charge on any atom is -0.493 e. The molecule has 16 heavy (non-hydrogen) atoms. The molecule has 0 heterocycles. The summed E-state index contributed by atoms with van der Waals surface area (Å²) in [4.78, 5) is 2.14. The van der Waals surface area contributed by atoms with Gasteiger partial charge in [-0.05, 0) is 40.1 Å². The average molecular weight is 223 g/mol. The van der Waals surface area contributed by atoms with Crippen LogP contribution in [0, 0.1) is 0 Å². The molecular formula is C13H21NO2. The first-order chi connectivity index (χ1) is 7.47. The summed E-state index contributed by atoms with van der Waals surface area (Å²) in [6.07, 6.45) is 0. The molecule has 0 atom stereocenters. The van der Waals surface area contributed by atoms with Crippen LogP contribution in [-0.2, 0) is 0 Å². The maximum absolute atomic E-state index is 5.79. The molecule has 1 aromatic carbocycles. The van der Waals surface area contributed by atoms with Gasteiger partial charge in [0.15, 0.2) is 11.5 Å². The molecule has 0 bridgehead atoms. The number of likely N-dealkylation sites (N-methyl/N-ethyl adjacent to an activating group) is 1. The quantitative estimate of drug-likeness (QED) is 0.765. The Hall–Kier alpha value is -1.22. The molecule has 0 fully saturated rings. The molecule has 0 aliphatic heterocycles. The summed E-state index contributed by atoms with van der Waals surface area (Å²) in [7, 11) is 5.75. The van der Waals surface area contributed by atoms with E-state index in [0.29, 0.717) is 6.61 Å². The summed E-state index contributed by atoms with van der Waals surface area (Å²) in [5, 5.41) is 0. The number of rotatable bonds is 5. The zero-order valence-corrected chi connectivity index (χ0v) is 10.8. The smallest absolute Gasteiger partial charge is 0.161 e. The van der Waals surface area contributed by atoms with E-state index >= 15 is 0 Å². The van der Waals surface area contributed by atoms with Crippen molar-refractivity contribution >= 4 is 0 Å². The van der Waals surface area contributed by atoms with E-state index in [1.165, 1.54) is 0 Å². The summed E-state index contributed by atoms with van der Waals surface area (Å²) < 4.78 is 11.0. The zero-order chi connectivity index (χ0) is 12.2. The number of para-hydroxylation sites is 2. The van der Waals surface area contributed by atoms with Crippen molar-refractivity contribution in [2.24, 2.45) is 0 Å². The van der Waals surface area contributed by atoms with Crippen molar-refractivity contribution in [2.45, 2.75) is 19.4 Å². The summed E-state index contributed by atoms with van der Waals surface area (Å²) in [5.41, 5.74) is 0.000846. The first-order valence-electron chi connectivity index (χ1n) is 5.40. The van der Waals surface area contributed by atoms with Gasteiger partial charge in [-0.3, -0.25) is 0 Å². The lowest BCUT2D eigenvalue weighted by Crippen LogP contribution is -2.43. The first kappa shape index (κ1) is 12.8. The number of hydrogen-bond donors (Lipinski definition) is 0. The van der Waals surface area contributed by atoms with Gasteiger partial charge in [0.25, 0.3) is 0 Å². The Bertz CT molecular complexity index is 334. The van der Waals surface area contributed by atoms with Crippen molar-refractivity contribution in [3.05, 3.63) is 24.3 Å². The van der Waals surface area contributed by atoms with Crippen molar-refractivity contribution in [1.82, 2.24) is 4.90 Å². The number of benzene rings is 1. The van der Waals surface area contributed by atoms with Gasteiger partial charge in [-0.25, -0.2) is 0 Å². The van der Waals surface area contributed by atoms with E-state index in [4.69, 9.17) is 9.47 Å². The van der Waals surface area contributed by atoms with Gasteiger partial charge in [0.1, 0.15) is 6.61 Å². The van der Waals surface area contributed by atoms with Crippen LogP contribution in [0.5, 0.6) is 11.5 Å². The molecule has 1 rings (SSSR count). The molecule has 0 amide bonds. The summed E-state index contributed by atoms with van der Waals surface area (Å²) in [5.74, 6) is 1.57. The Labute approximate surface area is 98.0 Å². The Morgan fingerprint density at radius 3 is 2.19 bits per heavy atom. The van der Waals surface area contributed by atoms with E-state index in [1.54, 1.807) is 7.11 Å². The molecule has 90 valence electrons. The third kappa shape index (κ3) is 3.14. The van der Waals surface area contributed by atoms with Gasteiger partial charge in [0.05, 0.1) is 7.11 Å². The second kappa shape index (κ2) is 5.21. The Balaban J connectivity index is 2.67. The second-order valence-corrected chi connectivity index (χ2v) is 4.65. The molecule has 0 aliphatic rings. The highest BCUT2D eigenvalue weighted by atomic mass is 16.5. The van der Waals surface area contributed by atoms with Crippen LogP contribution in [0.15, 0.2) is 24.3 Å². The van der Waals surface area contributed by atoms with Gasteiger partial charge < -0.3 is 14.4 Å². The fourth-order valence-corrected chi connectivity index (χ4v) is 1.12. The van der Waals surface area contributed by atoms with Gasteiger partial charge in [-0.2, -0.15) is 0 Å². The molecule has 0 radical (unpaired) electrons. The number of methoxy groups -OCH3 is 1. The maximum atomic E-state index is 5.79. The lowest BCUT2D eigenvalue weighted by molar-refractivity contribution is 0.112. The average Bonchev–Trinajstić information content (AvgIpc) is 2.26. The molecule has 3 nitrogen and oxygen atoms in total. The summed E-state index contributed by atoms with van der Waals surface area (Å²) in [6.45, 7) is 4.91. The molecular weight excluding hydrogens is 202 g/mol. The van der Waals surface area contributed by atoms with E-state index in [2.05, 4.69) is 18.7 Å². The van der Waals surface area contributed by atoms with Gasteiger partial charge in [-0.1, -0.05) is 12.1 Å². The molecule has 1 aromatic rings. The third-order valence-electron chi connectivity index (χ3n) is 2.86. The fourth-order valence-electron chi connectivity index (χ4n) is 1.12. The van der Waals surface area contributed by atoms with Crippen LogP contribution in [-0.4, -0.2) is 38.3 Å². The number of ether oxygens (including phenoxy) is 2. The lowest BCUT2D eigenvalue weighted by atomic mass is 10.1. The van der Waals surface area contributed by atoms with Crippen molar-refractivity contribution in [3.8, 4) is 11.5 Å². The Morgan fingerprint density at radius 1 is 1.12 bits per heavy atom. The van der Waals surface area contributed by atoms with E-state index in [1.807, 2.05) is 38.4 Å². The third-order valence-corrected chi connectivity index (χ3v) is 2.86. The first-order valence-corrected chi connectivity index (χ1v) is 5.40. The monoisotopic (exact) mass is 223 g/mol. The highest BCUT2D eigenvalue weighted by molar-refractivity contribution is 5.39. The van der Waals surface area contributed by atoms with Gasteiger partial charge >= 0.3 is 0 Å². The van der Waals surface area contributed by atoms with Crippen LogP contribution in [0.2, 0.25) is 0 Å². The predicted molar refractivity (Wildman–Crippen MR) is 66.3 cm³/mol. The molecule has 0 unspecified atom stereocenters. The minimum absolute atomic E-state index is 0.000846. The highest BCUT2D eigenvalue weighted by Crippen LogP contribution is 2.27. The standard InChI is InChI=1S/C13H21NO2/c1-13(2,14(3)4)10-16-12-9-7-6-8-11(12)15-5/h6-9H,10H2,1-5H3. The van der Waals surface area contributed by atoms with E-state index in [0.717, 1.165) is 11.5 Å². The van der Waals surface area contributed by atoms with E-state index in [9.17, 15) is 0 Å². The predicted octanol–water partition coefficient (Wildman–Crippen LogP) is 2.41. The molecule has 0 saturated carbocycles. The van der Waals surface area contributed by atoms with Gasteiger partial charge in [0, 0.05) is 5.54 Å². The van der Waals surface area contributed by atoms with E-state index in [-0.39, 0.29) is 5.54 Å². The van der Waals surface area contributed by atoms with Crippen LogP contribution < -0.4 is 9.47 Å².